The van der Waals surface area contributed by atoms with E-state index in [1.807, 2.05) is 6.20 Å². The number of nitrogens with two attached hydrogens (primary N) is 1. The molecule has 0 aromatic carbocycles. The van der Waals surface area contributed by atoms with Crippen LogP contribution in [0.4, 0.5) is 5.69 Å². The third kappa shape index (κ3) is 1.35. The van der Waals surface area contributed by atoms with Gasteiger partial charge in [0.1, 0.15) is 0 Å². The Balaban J connectivity index is 2.11. The molecule has 2 aromatic rings. The van der Waals surface area contributed by atoms with Crippen molar-refractivity contribution in [1.82, 2.24) is 14.6 Å². The number of anilines is 1. The van der Waals surface area contributed by atoms with E-state index in [4.69, 9.17) is 10.5 Å². The third-order valence-corrected chi connectivity index (χ3v) is 2.77. The molecular weight excluding hydrogens is 192 g/mol. The van der Waals surface area contributed by atoms with Crippen molar-refractivity contribution in [2.45, 2.75) is 12.3 Å². The van der Waals surface area contributed by atoms with Crippen LogP contribution in [-0.2, 0) is 4.74 Å². The molecule has 3 rings (SSSR count). The highest BCUT2D eigenvalue weighted by atomic mass is 16.5. The number of hydrogen-bond donors (Lipinski definition) is 1. The Morgan fingerprint density at radius 2 is 2.40 bits per heavy atom. The molecule has 1 aliphatic rings. The van der Waals surface area contributed by atoms with Gasteiger partial charge in [0.2, 0.25) is 0 Å². The molecule has 1 fully saturated rings. The van der Waals surface area contributed by atoms with E-state index in [1.165, 1.54) is 0 Å². The number of aromatic nitrogens is 3. The second kappa shape index (κ2) is 3.20. The number of fused-ring (bicyclic) bond motifs is 1. The average Bonchev–Trinajstić information content (AvgIpc) is 2.82. The summed E-state index contributed by atoms with van der Waals surface area (Å²) in [6, 6.07) is 0. The van der Waals surface area contributed by atoms with Gasteiger partial charge in [-0.1, -0.05) is 0 Å². The van der Waals surface area contributed by atoms with Gasteiger partial charge in [0.05, 0.1) is 30.9 Å². The van der Waals surface area contributed by atoms with E-state index in [2.05, 4.69) is 10.1 Å². The zero-order valence-corrected chi connectivity index (χ0v) is 8.26. The van der Waals surface area contributed by atoms with Gasteiger partial charge in [-0.15, -0.1) is 0 Å². The predicted octanol–water partition coefficient (Wildman–Crippen LogP) is 0.815. The van der Waals surface area contributed by atoms with Crippen LogP contribution in [0, 0.1) is 0 Å². The lowest BCUT2D eigenvalue weighted by Gasteiger charge is -2.04. The number of hydrogen-bond acceptors (Lipinski definition) is 4. The molecular formula is C10H12N4O. The maximum Gasteiger partial charge on any atom is 0.158 e. The summed E-state index contributed by atoms with van der Waals surface area (Å²) < 4.78 is 7.09. The van der Waals surface area contributed by atoms with Gasteiger partial charge in [0.15, 0.2) is 5.65 Å². The van der Waals surface area contributed by atoms with Gasteiger partial charge in [-0.25, -0.2) is 9.50 Å². The summed E-state index contributed by atoms with van der Waals surface area (Å²) in [5.41, 5.74) is 8.31. The van der Waals surface area contributed by atoms with Gasteiger partial charge in [-0.05, 0) is 6.42 Å². The van der Waals surface area contributed by atoms with Crippen molar-refractivity contribution in [3.05, 3.63) is 24.2 Å². The minimum Gasteiger partial charge on any atom is -0.396 e. The lowest BCUT2D eigenvalue weighted by atomic mass is 10.0. The number of ether oxygens (including phenoxy) is 1. The molecule has 1 saturated heterocycles. The van der Waals surface area contributed by atoms with Crippen LogP contribution >= 0.6 is 0 Å². The van der Waals surface area contributed by atoms with Crippen LogP contribution in [0.15, 0.2) is 18.6 Å². The summed E-state index contributed by atoms with van der Waals surface area (Å²) >= 11 is 0. The highest BCUT2D eigenvalue weighted by Crippen LogP contribution is 2.27. The van der Waals surface area contributed by atoms with Crippen LogP contribution in [0.25, 0.3) is 5.65 Å². The van der Waals surface area contributed by atoms with Crippen molar-refractivity contribution in [2.75, 3.05) is 18.9 Å². The SMILES string of the molecule is Nc1cnc2c(C3CCOC3)cnn2c1. The number of nitrogens with zero attached hydrogens (tertiary/aromatic N) is 3. The van der Waals surface area contributed by atoms with Crippen LogP contribution in [0.1, 0.15) is 17.9 Å². The molecule has 5 heteroatoms. The van der Waals surface area contributed by atoms with Crippen molar-refractivity contribution in [3.8, 4) is 0 Å². The smallest absolute Gasteiger partial charge is 0.158 e. The van der Waals surface area contributed by atoms with Crippen LogP contribution in [-0.4, -0.2) is 27.8 Å². The quantitative estimate of drug-likeness (QED) is 0.746. The monoisotopic (exact) mass is 204 g/mol. The second-order valence-electron chi connectivity index (χ2n) is 3.82. The molecule has 0 radical (unpaired) electrons. The first-order valence-corrected chi connectivity index (χ1v) is 5.01. The zero-order chi connectivity index (χ0) is 10.3. The largest absolute Gasteiger partial charge is 0.396 e. The first-order valence-electron chi connectivity index (χ1n) is 5.01. The van der Waals surface area contributed by atoms with Gasteiger partial charge < -0.3 is 10.5 Å². The van der Waals surface area contributed by atoms with E-state index in [1.54, 1.807) is 16.9 Å². The Bertz CT molecular complexity index is 487. The normalized spacial score (nSPS) is 21.2. The van der Waals surface area contributed by atoms with Gasteiger partial charge in [-0.3, -0.25) is 0 Å². The molecule has 1 atom stereocenters. The molecule has 2 aromatic heterocycles. The summed E-state index contributed by atoms with van der Waals surface area (Å²) in [4.78, 5) is 4.31. The van der Waals surface area contributed by atoms with E-state index < -0.39 is 0 Å². The maximum atomic E-state index is 5.64. The van der Waals surface area contributed by atoms with Gasteiger partial charge in [0.25, 0.3) is 0 Å². The van der Waals surface area contributed by atoms with Crippen molar-refractivity contribution in [1.29, 1.82) is 0 Å². The van der Waals surface area contributed by atoms with Gasteiger partial charge in [0, 0.05) is 18.1 Å². The molecule has 5 nitrogen and oxygen atoms in total. The molecule has 15 heavy (non-hydrogen) atoms. The van der Waals surface area contributed by atoms with Gasteiger partial charge >= 0.3 is 0 Å². The Morgan fingerprint density at radius 1 is 1.47 bits per heavy atom. The van der Waals surface area contributed by atoms with Gasteiger partial charge in [-0.2, -0.15) is 5.10 Å². The standard InChI is InChI=1S/C10H12N4O/c11-8-3-12-10-9(4-13-14(10)5-8)7-1-2-15-6-7/h3-5,7H,1-2,6,11H2. The van der Waals surface area contributed by atoms with Crippen LogP contribution < -0.4 is 5.73 Å². The number of nitrogen functional groups attached to an aromatic ring is 1. The Kier molecular flexibility index (Phi) is 1.85. The fourth-order valence-corrected chi connectivity index (χ4v) is 1.98. The van der Waals surface area contributed by atoms with Crippen LogP contribution in [0.3, 0.4) is 0 Å². The molecule has 1 aliphatic heterocycles. The first kappa shape index (κ1) is 8.67. The topological polar surface area (TPSA) is 65.4 Å². The fourth-order valence-electron chi connectivity index (χ4n) is 1.98. The fraction of sp³-hybridized carbons (Fsp3) is 0.400. The molecule has 0 saturated carbocycles. The van der Waals surface area contributed by atoms with Crippen LogP contribution in [0.5, 0.6) is 0 Å². The molecule has 2 N–H and O–H groups in total. The third-order valence-electron chi connectivity index (χ3n) is 2.77. The average molecular weight is 204 g/mol. The molecule has 0 spiro atoms. The lowest BCUT2D eigenvalue weighted by Crippen LogP contribution is -1.99. The minimum atomic E-state index is 0.429. The summed E-state index contributed by atoms with van der Waals surface area (Å²) in [6.45, 7) is 1.60. The molecule has 3 heterocycles. The van der Waals surface area contributed by atoms with Crippen molar-refractivity contribution < 1.29 is 4.74 Å². The van der Waals surface area contributed by atoms with E-state index >= 15 is 0 Å². The summed E-state index contributed by atoms with van der Waals surface area (Å²) in [7, 11) is 0. The lowest BCUT2D eigenvalue weighted by molar-refractivity contribution is 0.194. The molecule has 0 aliphatic carbocycles. The highest BCUT2D eigenvalue weighted by molar-refractivity contribution is 5.51. The summed E-state index contributed by atoms with van der Waals surface area (Å²) in [6.07, 6.45) is 6.35. The highest BCUT2D eigenvalue weighted by Gasteiger charge is 2.21. The first-order chi connectivity index (χ1) is 7.34. The Hall–Kier alpha value is -1.62. The Labute approximate surface area is 86.9 Å². The van der Waals surface area contributed by atoms with E-state index in [-0.39, 0.29) is 0 Å². The Morgan fingerprint density at radius 3 is 3.20 bits per heavy atom. The minimum absolute atomic E-state index is 0.429. The van der Waals surface area contributed by atoms with Crippen molar-refractivity contribution >= 4 is 11.3 Å². The van der Waals surface area contributed by atoms with E-state index in [0.29, 0.717) is 11.6 Å². The number of rotatable bonds is 1. The van der Waals surface area contributed by atoms with E-state index in [9.17, 15) is 0 Å². The van der Waals surface area contributed by atoms with E-state index in [0.717, 1.165) is 30.8 Å². The van der Waals surface area contributed by atoms with Crippen LogP contribution in [0.2, 0.25) is 0 Å². The summed E-state index contributed by atoms with van der Waals surface area (Å²) in [5, 5.41) is 4.24. The maximum absolute atomic E-state index is 5.64. The van der Waals surface area contributed by atoms with Crippen molar-refractivity contribution in [2.24, 2.45) is 0 Å². The second-order valence-corrected chi connectivity index (χ2v) is 3.82. The molecule has 0 amide bonds. The predicted molar refractivity (Wildman–Crippen MR) is 55.6 cm³/mol. The molecule has 0 bridgehead atoms. The summed E-state index contributed by atoms with van der Waals surface area (Å²) in [5.74, 6) is 0.429. The molecule has 1 unspecified atom stereocenters. The van der Waals surface area contributed by atoms with Crippen molar-refractivity contribution in [3.63, 3.8) is 0 Å². The zero-order valence-electron chi connectivity index (χ0n) is 8.26. The molecule has 78 valence electrons.